The van der Waals surface area contributed by atoms with Crippen molar-refractivity contribution in [3.8, 4) is 0 Å². The van der Waals surface area contributed by atoms with E-state index in [1.165, 1.54) is 0 Å². The van der Waals surface area contributed by atoms with E-state index in [0.29, 0.717) is 6.54 Å². The summed E-state index contributed by atoms with van der Waals surface area (Å²) in [7, 11) is 0. The first kappa shape index (κ1) is 14.1. The molecule has 102 valence electrons. The van der Waals surface area contributed by atoms with E-state index in [9.17, 15) is 4.79 Å². The summed E-state index contributed by atoms with van der Waals surface area (Å²) in [5, 5.41) is 0. The van der Waals surface area contributed by atoms with Crippen LogP contribution < -0.4 is 4.90 Å². The molecule has 0 unspecified atom stereocenters. The first-order valence-corrected chi connectivity index (χ1v) is 6.82. The molecule has 0 heterocycles. The Morgan fingerprint density at radius 3 is 2.50 bits per heavy atom. The van der Waals surface area contributed by atoms with Crippen LogP contribution >= 0.6 is 0 Å². The Kier molecular flexibility index (Phi) is 4.72. The number of carbonyl (C=O) groups excluding carboxylic acids is 1. The van der Waals surface area contributed by atoms with E-state index in [0.717, 1.165) is 16.8 Å². The molecule has 1 amide bonds. The van der Waals surface area contributed by atoms with E-state index in [1.807, 2.05) is 74.5 Å². The van der Waals surface area contributed by atoms with Crippen molar-refractivity contribution in [2.24, 2.45) is 0 Å². The molecule has 0 fully saturated rings. The third-order valence-electron chi connectivity index (χ3n) is 3.11. The van der Waals surface area contributed by atoms with Crippen LogP contribution in [0.1, 0.15) is 18.1 Å². The first-order valence-electron chi connectivity index (χ1n) is 6.82. The third kappa shape index (κ3) is 3.58. The van der Waals surface area contributed by atoms with E-state index in [4.69, 9.17) is 0 Å². The average molecular weight is 265 g/mol. The third-order valence-corrected chi connectivity index (χ3v) is 3.11. The highest BCUT2D eigenvalue weighted by molar-refractivity contribution is 6.03. The van der Waals surface area contributed by atoms with Crippen molar-refractivity contribution in [1.82, 2.24) is 0 Å². The van der Waals surface area contributed by atoms with E-state index in [2.05, 4.69) is 0 Å². The smallest absolute Gasteiger partial charge is 0.250 e. The molecule has 0 N–H and O–H groups in total. The Bertz CT molecular complexity index is 602. The molecule has 20 heavy (non-hydrogen) atoms. The van der Waals surface area contributed by atoms with Gasteiger partial charge in [-0.25, -0.2) is 0 Å². The predicted octanol–water partition coefficient (Wildman–Crippen LogP) is 4.06. The summed E-state index contributed by atoms with van der Waals surface area (Å²) < 4.78 is 0. The molecular weight excluding hydrogens is 246 g/mol. The maximum atomic E-state index is 12.3. The van der Waals surface area contributed by atoms with Crippen molar-refractivity contribution in [3.63, 3.8) is 0 Å². The fourth-order valence-corrected chi connectivity index (χ4v) is 2.08. The highest BCUT2D eigenvalue weighted by atomic mass is 16.2. The highest BCUT2D eigenvalue weighted by Crippen LogP contribution is 2.16. The van der Waals surface area contributed by atoms with Gasteiger partial charge in [-0.05, 0) is 43.2 Å². The summed E-state index contributed by atoms with van der Waals surface area (Å²) >= 11 is 0. The van der Waals surface area contributed by atoms with Crippen molar-refractivity contribution < 1.29 is 4.79 Å². The van der Waals surface area contributed by atoms with Crippen molar-refractivity contribution in [3.05, 3.63) is 71.8 Å². The fourth-order valence-electron chi connectivity index (χ4n) is 2.08. The molecule has 0 atom stereocenters. The van der Waals surface area contributed by atoms with Crippen LogP contribution in [-0.4, -0.2) is 12.5 Å². The number of aryl methyl sites for hydroxylation is 1. The minimum absolute atomic E-state index is 0.00181. The normalized spacial score (nSPS) is 10.7. The number of amides is 1. The molecule has 2 aromatic rings. The van der Waals surface area contributed by atoms with E-state index in [1.54, 1.807) is 11.0 Å². The summed E-state index contributed by atoms with van der Waals surface area (Å²) in [6.45, 7) is 4.67. The van der Waals surface area contributed by atoms with Crippen LogP contribution in [-0.2, 0) is 4.79 Å². The molecule has 0 saturated carbocycles. The monoisotopic (exact) mass is 265 g/mol. The Labute approximate surface area is 120 Å². The molecular formula is C18H19NO. The Balaban J connectivity index is 2.16. The molecule has 0 aliphatic carbocycles. The first-order chi connectivity index (χ1) is 9.70. The number of carbonyl (C=O) groups is 1. The van der Waals surface area contributed by atoms with Crippen LogP contribution in [0, 0.1) is 6.92 Å². The number of benzene rings is 2. The van der Waals surface area contributed by atoms with Crippen molar-refractivity contribution in [1.29, 1.82) is 0 Å². The SMILES string of the molecule is CCN(C(=O)/C=C/c1ccccc1)c1cccc(C)c1. The minimum atomic E-state index is 0.00181. The van der Waals surface area contributed by atoms with Gasteiger partial charge < -0.3 is 4.90 Å². The number of hydrogen-bond acceptors (Lipinski definition) is 1. The standard InChI is InChI=1S/C18H19NO/c1-3-19(17-11-7-8-15(2)14-17)18(20)13-12-16-9-5-4-6-10-16/h4-14H,3H2,1-2H3/b13-12+. The lowest BCUT2D eigenvalue weighted by Crippen LogP contribution is -2.28. The largest absolute Gasteiger partial charge is 0.309 e. The highest BCUT2D eigenvalue weighted by Gasteiger charge is 2.10. The molecule has 0 saturated heterocycles. The van der Waals surface area contributed by atoms with Crippen LogP contribution in [0.15, 0.2) is 60.7 Å². The summed E-state index contributed by atoms with van der Waals surface area (Å²) in [6, 6.07) is 17.8. The molecule has 2 aromatic carbocycles. The van der Waals surface area contributed by atoms with E-state index < -0.39 is 0 Å². The summed E-state index contributed by atoms with van der Waals surface area (Å²) in [5.74, 6) is 0.00181. The van der Waals surface area contributed by atoms with Crippen molar-refractivity contribution in [2.75, 3.05) is 11.4 Å². The van der Waals surface area contributed by atoms with E-state index >= 15 is 0 Å². The molecule has 0 bridgehead atoms. The van der Waals surface area contributed by atoms with Gasteiger partial charge in [-0.3, -0.25) is 4.79 Å². The number of hydrogen-bond donors (Lipinski definition) is 0. The average Bonchev–Trinajstić information content (AvgIpc) is 2.47. The lowest BCUT2D eigenvalue weighted by atomic mass is 10.2. The zero-order chi connectivity index (χ0) is 14.4. The maximum absolute atomic E-state index is 12.3. The van der Waals surface area contributed by atoms with Gasteiger partial charge in [0.2, 0.25) is 0 Å². The molecule has 2 heteroatoms. The van der Waals surface area contributed by atoms with Gasteiger partial charge in [0.1, 0.15) is 0 Å². The minimum Gasteiger partial charge on any atom is -0.309 e. The zero-order valence-electron chi connectivity index (χ0n) is 11.9. The number of rotatable bonds is 4. The van der Waals surface area contributed by atoms with Gasteiger partial charge in [0.05, 0.1) is 0 Å². The molecule has 0 spiro atoms. The van der Waals surface area contributed by atoms with Crippen molar-refractivity contribution in [2.45, 2.75) is 13.8 Å². The second-order valence-electron chi connectivity index (χ2n) is 4.67. The van der Waals surface area contributed by atoms with Gasteiger partial charge >= 0.3 is 0 Å². The Hall–Kier alpha value is -2.35. The molecule has 0 radical (unpaired) electrons. The van der Waals surface area contributed by atoms with Gasteiger partial charge in [0.15, 0.2) is 0 Å². The topological polar surface area (TPSA) is 20.3 Å². The summed E-state index contributed by atoms with van der Waals surface area (Å²) in [4.78, 5) is 14.1. The number of likely N-dealkylation sites (N-methyl/N-ethyl adjacent to an activating group) is 1. The summed E-state index contributed by atoms with van der Waals surface area (Å²) in [6.07, 6.45) is 3.47. The predicted molar refractivity (Wildman–Crippen MR) is 84.7 cm³/mol. The summed E-state index contributed by atoms with van der Waals surface area (Å²) in [5.41, 5.74) is 3.12. The van der Waals surface area contributed by atoms with Crippen LogP contribution in [0.3, 0.4) is 0 Å². The van der Waals surface area contributed by atoms with Gasteiger partial charge in [-0.2, -0.15) is 0 Å². The Morgan fingerprint density at radius 2 is 1.85 bits per heavy atom. The molecule has 0 aromatic heterocycles. The lowest BCUT2D eigenvalue weighted by Gasteiger charge is -2.19. The number of anilines is 1. The molecule has 0 aliphatic heterocycles. The van der Waals surface area contributed by atoms with E-state index in [-0.39, 0.29) is 5.91 Å². The van der Waals surface area contributed by atoms with Gasteiger partial charge in [0.25, 0.3) is 5.91 Å². The number of nitrogens with zero attached hydrogens (tertiary/aromatic N) is 1. The van der Waals surface area contributed by atoms with Crippen LogP contribution in [0.4, 0.5) is 5.69 Å². The van der Waals surface area contributed by atoms with Gasteiger partial charge in [-0.15, -0.1) is 0 Å². The maximum Gasteiger partial charge on any atom is 0.250 e. The lowest BCUT2D eigenvalue weighted by molar-refractivity contribution is -0.114. The molecule has 2 nitrogen and oxygen atoms in total. The van der Waals surface area contributed by atoms with Gasteiger partial charge in [-0.1, -0.05) is 42.5 Å². The quantitative estimate of drug-likeness (QED) is 0.763. The molecule has 2 rings (SSSR count). The molecule has 0 aliphatic rings. The fraction of sp³-hybridized carbons (Fsp3) is 0.167. The van der Waals surface area contributed by atoms with Crippen LogP contribution in [0.5, 0.6) is 0 Å². The zero-order valence-corrected chi connectivity index (χ0v) is 11.9. The second kappa shape index (κ2) is 6.71. The second-order valence-corrected chi connectivity index (χ2v) is 4.67. The van der Waals surface area contributed by atoms with Gasteiger partial charge in [0, 0.05) is 18.3 Å². The Morgan fingerprint density at radius 1 is 1.10 bits per heavy atom. The van der Waals surface area contributed by atoms with Crippen LogP contribution in [0.25, 0.3) is 6.08 Å². The van der Waals surface area contributed by atoms with Crippen molar-refractivity contribution >= 4 is 17.7 Å². The van der Waals surface area contributed by atoms with Crippen LogP contribution in [0.2, 0.25) is 0 Å².